The summed E-state index contributed by atoms with van der Waals surface area (Å²) in [4.78, 5) is 0. The molecule has 4 heteroatoms. The predicted octanol–water partition coefficient (Wildman–Crippen LogP) is 1.60. The molecule has 3 nitrogen and oxygen atoms in total. The Balaban J connectivity index is 1.91. The minimum atomic E-state index is 0.150. The number of nitrogens with two attached hydrogens (primary N) is 1. The second-order valence-electron chi connectivity index (χ2n) is 3.57. The number of aromatic amines is 1. The molecule has 1 aliphatic rings. The maximum absolute atomic E-state index is 5.97. The van der Waals surface area contributed by atoms with Gasteiger partial charge < -0.3 is 5.73 Å². The van der Waals surface area contributed by atoms with Crippen LogP contribution in [0.4, 0.5) is 0 Å². The number of hydrogen-bond acceptors (Lipinski definition) is 2. The fourth-order valence-electron chi connectivity index (χ4n) is 1.26. The Morgan fingerprint density at radius 1 is 1.67 bits per heavy atom. The summed E-state index contributed by atoms with van der Waals surface area (Å²) in [7, 11) is 0. The van der Waals surface area contributed by atoms with Crippen LogP contribution in [0.3, 0.4) is 0 Å². The van der Waals surface area contributed by atoms with E-state index in [0.717, 1.165) is 17.4 Å². The molecule has 0 amide bonds. The lowest BCUT2D eigenvalue weighted by atomic mass is 10.1. The highest BCUT2D eigenvalue weighted by Gasteiger charge is 2.37. The van der Waals surface area contributed by atoms with Crippen LogP contribution in [-0.4, -0.2) is 15.7 Å². The van der Waals surface area contributed by atoms with Gasteiger partial charge >= 0.3 is 0 Å². The molecule has 0 unspecified atom stereocenters. The summed E-state index contributed by atoms with van der Waals surface area (Å²) < 4.78 is 0.992. The highest BCUT2D eigenvalue weighted by molar-refractivity contribution is 9.10. The number of nitrogens with zero attached hydrogens (tertiary/aromatic N) is 1. The Labute approximate surface area is 79.9 Å². The second kappa shape index (κ2) is 2.85. The van der Waals surface area contributed by atoms with Crippen molar-refractivity contribution in [3.05, 3.63) is 16.4 Å². The van der Waals surface area contributed by atoms with Crippen molar-refractivity contribution >= 4 is 15.9 Å². The molecule has 66 valence electrons. The van der Waals surface area contributed by atoms with E-state index < -0.39 is 0 Å². The molecule has 0 atom stereocenters. The fraction of sp³-hybridized carbons (Fsp3) is 0.625. The van der Waals surface area contributed by atoms with Gasteiger partial charge in [0.15, 0.2) is 0 Å². The van der Waals surface area contributed by atoms with E-state index in [0.29, 0.717) is 0 Å². The van der Waals surface area contributed by atoms with Crippen molar-refractivity contribution in [2.75, 3.05) is 0 Å². The molecular weight excluding hydrogens is 218 g/mol. The van der Waals surface area contributed by atoms with Crippen molar-refractivity contribution in [1.29, 1.82) is 0 Å². The van der Waals surface area contributed by atoms with Crippen LogP contribution >= 0.6 is 15.9 Å². The lowest BCUT2D eigenvalue weighted by molar-refractivity contribution is 0.608. The quantitative estimate of drug-likeness (QED) is 0.828. The fourth-order valence-corrected chi connectivity index (χ4v) is 1.67. The van der Waals surface area contributed by atoms with Gasteiger partial charge in [0, 0.05) is 11.1 Å². The van der Waals surface area contributed by atoms with Crippen LogP contribution in [0.2, 0.25) is 0 Å². The first-order valence-corrected chi connectivity index (χ1v) is 4.96. The summed E-state index contributed by atoms with van der Waals surface area (Å²) in [6.45, 7) is 0. The third-order valence-corrected chi connectivity index (χ3v) is 3.14. The maximum atomic E-state index is 5.97. The Kier molecular flexibility index (Phi) is 1.96. The third kappa shape index (κ3) is 1.69. The summed E-state index contributed by atoms with van der Waals surface area (Å²) in [5, 5.41) is 6.78. The zero-order valence-corrected chi connectivity index (χ0v) is 8.39. The van der Waals surface area contributed by atoms with Crippen molar-refractivity contribution in [2.24, 2.45) is 5.73 Å². The van der Waals surface area contributed by atoms with Crippen LogP contribution in [0, 0.1) is 0 Å². The molecular formula is C8H12BrN3. The van der Waals surface area contributed by atoms with Crippen LogP contribution in [0.1, 0.15) is 24.8 Å². The first-order chi connectivity index (χ1) is 5.70. The topological polar surface area (TPSA) is 54.7 Å². The number of H-pyrrole nitrogens is 1. The monoisotopic (exact) mass is 229 g/mol. The van der Waals surface area contributed by atoms with Crippen LogP contribution in [-0.2, 0) is 6.42 Å². The Hall–Kier alpha value is -0.350. The van der Waals surface area contributed by atoms with Crippen LogP contribution < -0.4 is 5.73 Å². The Morgan fingerprint density at radius 2 is 2.42 bits per heavy atom. The van der Waals surface area contributed by atoms with Gasteiger partial charge in [0.2, 0.25) is 0 Å². The minimum absolute atomic E-state index is 0.150. The number of rotatable bonds is 3. The van der Waals surface area contributed by atoms with Gasteiger partial charge in [-0.3, -0.25) is 5.10 Å². The molecule has 1 fully saturated rings. The van der Waals surface area contributed by atoms with E-state index in [2.05, 4.69) is 26.1 Å². The number of aryl methyl sites for hydroxylation is 1. The van der Waals surface area contributed by atoms with E-state index >= 15 is 0 Å². The standard InChI is InChI=1S/C8H12BrN3/c9-7-6(5-11-12-7)1-2-8(10)3-4-8/h5H,1-4,10H2,(H,11,12). The smallest absolute Gasteiger partial charge is 0.104 e. The van der Waals surface area contributed by atoms with Crippen molar-refractivity contribution in [3.63, 3.8) is 0 Å². The summed E-state index contributed by atoms with van der Waals surface area (Å²) in [6, 6.07) is 0. The molecule has 1 saturated carbocycles. The van der Waals surface area contributed by atoms with Gasteiger partial charge in [-0.2, -0.15) is 5.10 Å². The average Bonchev–Trinajstić information content (AvgIpc) is 2.61. The highest BCUT2D eigenvalue weighted by Crippen LogP contribution is 2.36. The van der Waals surface area contributed by atoms with Crippen molar-refractivity contribution < 1.29 is 0 Å². The van der Waals surface area contributed by atoms with Crippen LogP contribution in [0.15, 0.2) is 10.8 Å². The Morgan fingerprint density at radius 3 is 2.92 bits per heavy atom. The summed E-state index contributed by atoms with van der Waals surface area (Å²) >= 11 is 3.40. The zero-order chi connectivity index (χ0) is 8.60. The lowest BCUT2D eigenvalue weighted by Crippen LogP contribution is -2.22. The zero-order valence-electron chi connectivity index (χ0n) is 6.81. The van der Waals surface area contributed by atoms with E-state index in [-0.39, 0.29) is 5.54 Å². The van der Waals surface area contributed by atoms with Crippen molar-refractivity contribution in [2.45, 2.75) is 31.2 Å². The predicted molar refractivity (Wildman–Crippen MR) is 50.8 cm³/mol. The number of hydrogen-bond donors (Lipinski definition) is 2. The highest BCUT2D eigenvalue weighted by atomic mass is 79.9. The summed E-state index contributed by atoms with van der Waals surface area (Å²) in [5.74, 6) is 0. The molecule has 0 saturated heterocycles. The van der Waals surface area contributed by atoms with E-state index in [1.807, 2.05) is 6.20 Å². The van der Waals surface area contributed by atoms with Gasteiger partial charge in [0.05, 0.1) is 6.20 Å². The minimum Gasteiger partial charge on any atom is -0.325 e. The molecule has 0 aromatic carbocycles. The first kappa shape index (κ1) is 8.26. The van der Waals surface area contributed by atoms with Crippen LogP contribution in [0.25, 0.3) is 0 Å². The molecule has 12 heavy (non-hydrogen) atoms. The van der Waals surface area contributed by atoms with E-state index in [1.54, 1.807) is 0 Å². The van der Waals surface area contributed by atoms with E-state index in [4.69, 9.17) is 5.73 Å². The van der Waals surface area contributed by atoms with Crippen LogP contribution in [0.5, 0.6) is 0 Å². The largest absolute Gasteiger partial charge is 0.325 e. The number of halogens is 1. The Bertz CT molecular complexity index is 278. The number of nitrogens with one attached hydrogen (secondary N) is 1. The van der Waals surface area contributed by atoms with Gasteiger partial charge in [0.25, 0.3) is 0 Å². The van der Waals surface area contributed by atoms with Gasteiger partial charge in [-0.1, -0.05) is 0 Å². The normalized spacial score (nSPS) is 19.5. The first-order valence-electron chi connectivity index (χ1n) is 4.16. The lowest BCUT2D eigenvalue weighted by Gasteiger charge is -2.05. The maximum Gasteiger partial charge on any atom is 0.104 e. The molecule has 0 aliphatic heterocycles. The van der Waals surface area contributed by atoms with Gasteiger partial charge in [-0.25, -0.2) is 0 Å². The van der Waals surface area contributed by atoms with Crippen molar-refractivity contribution in [1.82, 2.24) is 10.2 Å². The molecule has 1 heterocycles. The van der Waals surface area contributed by atoms with Crippen molar-refractivity contribution in [3.8, 4) is 0 Å². The molecule has 3 N–H and O–H groups in total. The summed E-state index contributed by atoms with van der Waals surface area (Å²) in [5.41, 5.74) is 7.35. The van der Waals surface area contributed by atoms with Gasteiger partial charge in [-0.15, -0.1) is 0 Å². The molecule has 1 aromatic rings. The molecule has 0 bridgehead atoms. The third-order valence-electron chi connectivity index (χ3n) is 2.45. The van der Waals surface area contributed by atoms with Gasteiger partial charge in [-0.05, 0) is 41.6 Å². The van der Waals surface area contributed by atoms with Gasteiger partial charge in [0.1, 0.15) is 4.60 Å². The van der Waals surface area contributed by atoms with E-state index in [9.17, 15) is 0 Å². The molecule has 0 spiro atoms. The SMILES string of the molecule is NC1(CCc2cn[nH]c2Br)CC1. The number of aromatic nitrogens is 2. The molecule has 1 aromatic heterocycles. The summed E-state index contributed by atoms with van der Waals surface area (Å²) in [6.07, 6.45) is 6.32. The molecule has 1 aliphatic carbocycles. The van der Waals surface area contributed by atoms with E-state index in [1.165, 1.54) is 18.4 Å². The average molecular weight is 230 g/mol. The second-order valence-corrected chi connectivity index (χ2v) is 4.36. The molecule has 2 rings (SSSR count). The molecule has 0 radical (unpaired) electrons.